The molecule has 4 aromatic rings. The Kier molecular flexibility index (Phi) is 7.07. The van der Waals surface area contributed by atoms with E-state index in [1.807, 2.05) is 66.3 Å². The van der Waals surface area contributed by atoms with Crippen molar-refractivity contribution in [3.63, 3.8) is 0 Å². The van der Waals surface area contributed by atoms with Crippen molar-refractivity contribution in [1.29, 1.82) is 0 Å². The Morgan fingerprint density at radius 1 is 1.21 bits per heavy atom. The summed E-state index contributed by atoms with van der Waals surface area (Å²) in [5, 5.41) is 6.54. The fourth-order valence-corrected chi connectivity index (χ4v) is 5.03. The highest BCUT2D eigenvalue weighted by Crippen LogP contribution is 2.38. The van der Waals surface area contributed by atoms with Crippen molar-refractivity contribution < 1.29 is 19.0 Å². The first kappa shape index (κ1) is 26.7. The molecule has 4 heterocycles. The van der Waals surface area contributed by atoms with Crippen LogP contribution in [0.2, 0.25) is 0 Å². The third kappa shape index (κ3) is 5.47. The van der Waals surface area contributed by atoms with E-state index in [2.05, 4.69) is 22.1 Å². The number of nitrogens with zero attached hydrogens (tertiary/aromatic N) is 6. The first-order chi connectivity index (χ1) is 18.5. The van der Waals surface area contributed by atoms with Crippen LogP contribution in [0.5, 0.6) is 5.75 Å². The van der Waals surface area contributed by atoms with Gasteiger partial charge in [0.2, 0.25) is 0 Å². The molecular formula is C29H36N6O4. The Morgan fingerprint density at radius 2 is 2.00 bits per heavy atom. The monoisotopic (exact) mass is 532 g/mol. The van der Waals surface area contributed by atoms with Crippen molar-refractivity contribution in [3.05, 3.63) is 42.2 Å². The number of benzene rings is 1. The number of ether oxygens (including phenoxy) is 3. The summed E-state index contributed by atoms with van der Waals surface area (Å²) in [6.45, 7) is 9.32. The molecule has 0 unspecified atom stereocenters. The molecule has 0 aliphatic carbocycles. The summed E-state index contributed by atoms with van der Waals surface area (Å²) < 4.78 is 18.5. The second kappa shape index (κ2) is 10.3. The summed E-state index contributed by atoms with van der Waals surface area (Å²) in [7, 11) is 5.31. The van der Waals surface area contributed by atoms with Gasteiger partial charge in [-0.05, 0) is 58.4 Å². The number of anilines is 1. The molecule has 0 spiro atoms. The maximum atomic E-state index is 12.5. The van der Waals surface area contributed by atoms with Gasteiger partial charge in [-0.2, -0.15) is 5.10 Å². The molecule has 1 aromatic carbocycles. The molecule has 0 bridgehead atoms. The van der Waals surface area contributed by atoms with Crippen molar-refractivity contribution in [2.75, 3.05) is 38.9 Å². The fourth-order valence-electron chi connectivity index (χ4n) is 5.03. The van der Waals surface area contributed by atoms with Crippen LogP contribution in [0.25, 0.3) is 33.2 Å². The van der Waals surface area contributed by atoms with Crippen LogP contribution in [0.4, 0.5) is 10.5 Å². The molecule has 3 aromatic heterocycles. The van der Waals surface area contributed by atoms with Gasteiger partial charge in [0.15, 0.2) is 12.4 Å². The standard InChI is InChI=1S/C29H36N6O4/c1-18-25-20(15-33(5)32-25)13-23(26(18)38-17-37-7)24-9-8-19-12-22(14-30-27(19)31-24)35-11-10-21(16-35)34(6)28(36)39-29(2,3)4/h8-9,12-15,21H,10-11,16-17H2,1-7H3/t21-/m1/s1. The van der Waals surface area contributed by atoms with E-state index in [-0.39, 0.29) is 18.9 Å². The molecule has 1 atom stereocenters. The van der Waals surface area contributed by atoms with Gasteiger partial charge in [-0.25, -0.2) is 14.8 Å². The minimum atomic E-state index is -0.517. The highest BCUT2D eigenvalue weighted by molar-refractivity contribution is 5.92. The number of amides is 1. The molecule has 0 radical (unpaired) electrons. The van der Waals surface area contributed by atoms with Gasteiger partial charge in [0, 0.05) is 62.4 Å². The van der Waals surface area contributed by atoms with Gasteiger partial charge in [-0.15, -0.1) is 0 Å². The predicted molar refractivity (Wildman–Crippen MR) is 151 cm³/mol. The van der Waals surface area contributed by atoms with Gasteiger partial charge in [-0.1, -0.05) is 0 Å². The molecule has 0 saturated carbocycles. The third-order valence-corrected chi connectivity index (χ3v) is 6.98. The Labute approximate surface area is 228 Å². The summed E-state index contributed by atoms with van der Waals surface area (Å²) in [4.78, 5) is 26.1. The maximum Gasteiger partial charge on any atom is 0.410 e. The molecule has 39 heavy (non-hydrogen) atoms. The van der Waals surface area contributed by atoms with Crippen LogP contribution < -0.4 is 9.64 Å². The average Bonchev–Trinajstić information content (AvgIpc) is 3.53. The normalized spacial score (nSPS) is 15.8. The molecule has 1 aliphatic rings. The van der Waals surface area contributed by atoms with Crippen LogP contribution in [0.1, 0.15) is 32.8 Å². The number of aromatic nitrogens is 4. The summed E-state index contributed by atoms with van der Waals surface area (Å²) in [5.41, 5.74) is 4.60. The quantitative estimate of drug-likeness (QED) is 0.323. The van der Waals surface area contributed by atoms with E-state index in [1.165, 1.54) is 0 Å². The lowest BCUT2D eigenvalue weighted by Crippen LogP contribution is -2.42. The maximum absolute atomic E-state index is 12.5. The van der Waals surface area contributed by atoms with Crippen molar-refractivity contribution in [2.24, 2.45) is 7.05 Å². The van der Waals surface area contributed by atoms with Gasteiger partial charge >= 0.3 is 6.09 Å². The minimum Gasteiger partial charge on any atom is -0.466 e. The lowest BCUT2D eigenvalue weighted by molar-refractivity contribution is 0.0238. The number of pyridine rings is 2. The zero-order valence-corrected chi connectivity index (χ0v) is 23.7. The predicted octanol–water partition coefficient (Wildman–Crippen LogP) is 4.92. The molecule has 1 fully saturated rings. The molecule has 5 rings (SSSR count). The van der Waals surface area contributed by atoms with E-state index in [0.29, 0.717) is 11.4 Å². The summed E-state index contributed by atoms with van der Waals surface area (Å²) in [6.07, 6.45) is 4.41. The molecule has 1 amide bonds. The van der Waals surface area contributed by atoms with Crippen LogP contribution >= 0.6 is 0 Å². The van der Waals surface area contributed by atoms with Crippen molar-refractivity contribution in [3.8, 4) is 17.0 Å². The van der Waals surface area contributed by atoms with Crippen LogP contribution in [0, 0.1) is 6.92 Å². The van der Waals surface area contributed by atoms with Crippen LogP contribution in [0.15, 0.2) is 36.7 Å². The zero-order valence-electron chi connectivity index (χ0n) is 23.7. The summed E-state index contributed by atoms with van der Waals surface area (Å²) >= 11 is 0. The zero-order chi connectivity index (χ0) is 27.9. The number of hydrogen-bond acceptors (Lipinski definition) is 8. The Balaban J connectivity index is 1.40. The van der Waals surface area contributed by atoms with E-state index in [1.54, 1.807) is 16.7 Å². The lowest BCUT2D eigenvalue weighted by atomic mass is 10.0. The fraction of sp³-hybridized carbons (Fsp3) is 0.448. The number of hydrogen-bond donors (Lipinski definition) is 0. The number of methoxy groups -OCH3 is 1. The van der Waals surface area contributed by atoms with Gasteiger partial charge in [-0.3, -0.25) is 4.68 Å². The third-order valence-electron chi connectivity index (χ3n) is 6.98. The Hall–Kier alpha value is -3.92. The van der Waals surface area contributed by atoms with Gasteiger partial charge in [0.05, 0.1) is 29.1 Å². The Morgan fingerprint density at radius 3 is 2.74 bits per heavy atom. The first-order valence-electron chi connectivity index (χ1n) is 13.1. The molecule has 10 heteroatoms. The number of carbonyl (C=O) groups excluding carboxylic acids is 1. The van der Waals surface area contributed by atoms with E-state index < -0.39 is 5.60 Å². The SMILES string of the molecule is COCOc1c(-c2ccc3cc(N4CC[C@@H](N(C)C(=O)OC(C)(C)C)C4)cnc3n2)cc2cn(C)nc2c1C. The topological polar surface area (TPSA) is 94.8 Å². The van der Waals surface area contributed by atoms with Crippen LogP contribution in [0.3, 0.4) is 0 Å². The van der Waals surface area contributed by atoms with E-state index >= 15 is 0 Å². The Bertz CT molecular complexity index is 1530. The van der Waals surface area contributed by atoms with Crippen LogP contribution in [-0.2, 0) is 16.5 Å². The number of fused-ring (bicyclic) bond motifs is 2. The van der Waals surface area contributed by atoms with Gasteiger partial charge < -0.3 is 24.0 Å². The van der Waals surface area contributed by atoms with Gasteiger partial charge in [0.1, 0.15) is 11.4 Å². The van der Waals surface area contributed by atoms with E-state index in [0.717, 1.165) is 58.3 Å². The average molecular weight is 533 g/mol. The van der Waals surface area contributed by atoms with E-state index in [9.17, 15) is 4.79 Å². The van der Waals surface area contributed by atoms with Crippen molar-refractivity contribution >= 4 is 33.7 Å². The molecular weight excluding hydrogens is 496 g/mol. The van der Waals surface area contributed by atoms with Crippen molar-refractivity contribution in [2.45, 2.75) is 45.8 Å². The van der Waals surface area contributed by atoms with E-state index in [4.69, 9.17) is 24.2 Å². The number of rotatable bonds is 6. The molecule has 1 saturated heterocycles. The molecule has 10 nitrogen and oxygen atoms in total. The lowest BCUT2D eigenvalue weighted by Gasteiger charge is -2.28. The number of aryl methyl sites for hydroxylation is 2. The first-order valence-corrected chi connectivity index (χ1v) is 13.1. The highest BCUT2D eigenvalue weighted by Gasteiger charge is 2.31. The molecule has 0 N–H and O–H groups in total. The summed E-state index contributed by atoms with van der Waals surface area (Å²) in [5.74, 6) is 0.698. The van der Waals surface area contributed by atoms with Gasteiger partial charge in [0.25, 0.3) is 0 Å². The molecule has 1 aliphatic heterocycles. The van der Waals surface area contributed by atoms with Crippen LogP contribution in [-0.4, -0.2) is 76.4 Å². The second-order valence-electron chi connectivity index (χ2n) is 11.1. The number of carbonyl (C=O) groups is 1. The molecule has 206 valence electrons. The number of likely N-dealkylation sites (N-methyl/N-ethyl adjacent to an activating group) is 1. The smallest absolute Gasteiger partial charge is 0.410 e. The second-order valence-corrected chi connectivity index (χ2v) is 11.1. The largest absolute Gasteiger partial charge is 0.466 e. The highest BCUT2D eigenvalue weighted by atomic mass is 16.7. The summed E-state index contributed by atoms with van der Waals surface area (Å²) in [6, 6.07) is 8.26. The van der Waals surface area contributed by atoms with Crippen molar-refractivity contribution in [1.82, 2.24) is 24.6 Å². The minimum absolute atomic E-state index is 0.0761.